The van der Waals surface area contributed by atoms with Crippen LogP contribution in [0.5, 0.6) is 0 Å². The number of nitrogens with zero attached hydrogens (tertiary/aromatic N) is 4. The predicted molar refractivity (Wildman–Crippen MR) is 73.4 cm³/mol. The second-order valence-corrected chi connectivity index (χ2v) is 5.48. The Morgan fingerprint density at radius 1 is 1.42 bits per heavy atom. The van der Waals surface area contributed by atoms with E-state index >= 15 is 0 Å². The predicted octanol–water partition coefficient (Wildman–Crippen LogP) is 2.31. The molecule has 0 unspecified atom stereocenters. The van der Waals surface area contributed by atoms with Crippen molar-refractivity contribution < 1.29 is 4.39 Å². The van der Waals surface area contributed by atoms with E-state index in [1.165, 1.54) is 10.7 Å². The van der Waals surface area contributed by atoms with Crippen LogP contribution in [0.25, 0.3) is 5.69 Å². The van der Waals surface area contributed by atoms with E-state index in [0.717, 1.165) is 6.54 Å². The van der Waals surface area contributed by atoms with Crippen LogP contribution in [0.2, 0.25) is 0 Å². The van der Waals surface area contributed by atoms with Crippen molar-refractivity contribution in [1.29, 1.82) is 0 Å². The highest BCUT2D eigenvalue weighted by atomic mass is 79.9. The van der Waals surface area contributed by atoms with E-state index in [4.69, 9.17) is 0 Å². The molecule has 1 aromatic heterocycles. The monoisotopic (exact) mass is 327 g/mol. The van der Waals surface area contributed by atoms with Crippen LogP contribution in [-0.2, 0) is 6.54 Å². The molecule has 2 rings (SSSR count). The van der Waals surface area contributed by atoms with Crippen molar-refractivity contribution in [2.75, 3.05) is 6.54 Å². The van der Waals surface area contributed by atoms with Crippen molar-refractivity contribution >= 4 is 15.9 Å². The van der Waals surface area contributed by atoms with E-state index in [0.29, 0.717) is 28.4 Å². The van der Waals surface area contributed by atoms with Crippen molar-refractivity contribution in [2.24, 2.45) is 5.92 Å². The van der Waals surface area contributed by atoms with Crippen LogP contribution in [0.1, 0.15) is 19.7 Å². The van der Waals surface area contributed by atoms with E-state index in [2.05, 4.69) is 50.6 Å². The van der Waals surface area contributed by atoms with Crippen LogP contribution < -0.4 is 5.32 Å². The lowest BCUT2D eigenvalue weighted by Gasteiger charge is -2.08. The van der Waals surface area contributed by atoms with Crippen LogP contribution in [0.4, 0.5) is 4.39 Å². The maximum Gasteiger partial charge on any atom is 0.170 e. The summed E-state index contributed by atoms with van der Waals surface area (Å²) in [5.41, 5.74) is 0.604. The van der Waals surface area contributed by atoms with Crippen molar-refractivity contribution in [1.82, 2.24) is 25.5 Å². The van der Waals surface area contributed by atoms with E-state index in [1.807, 2.05) is 0 Å². The Bertz CT molecular complexity index is 555. The van der Waals surface area contributed by atoms with Gasteiger partial charge in [-0.25, -0.2) is 4.39 Å². The summed E-state index contributed by atoms with van der Waals surface area (Å²) in [5, 5.41) is 14.7. The average Bonchev–Trinajstić information content (AvgIpc) is 2.80. The molecular formula is C12H15BrFN5. The molecular weight excluding hydrogens is 313 g/mol. The van der Waals surface area contributed by atoms with Crippen molar-refractivity contribution in [3.05, 3.63) is 34.3 Å². The second-order valence-electron chi connectivity index (χ2n) is 4.63. The van der Waals surface area contributed by atoms with E-state index < -0.39 is 0 Å². The molecule has 0 amide bonds. The largest absolute Gasteiger partial charge is 0.310 e. The highest BCUT2D eigenvalue weighted by Crippen LogP contribution is 2.18. The minimum absolute atomic E-state index is 0.339. The van der Waals surface area contributed by atoms with Gasteiger partial charge in [-0.15, -0.1) is 5.10 Å². The highest BCUT2D eigenvalue weighted by Gasteiger charge is 2.10. The first-order chi connectivity index (χ1) is 9.08. The summed E-state index contributed by atoms with van der Waals surface area (Å²) < 4.78 is 15.5. The number of nitrogens with one attached hydrogen (secondary N) is 1. The minimum atomic E-state index is -0.339. The summed E-state index contributed by atoms with van der Waals surface area (Å²) in [6, 6.07) is 4.79. The van der Waals surface area contributed by atoms with Crippen LogP contribution in [0.15, 0.2) is 22.7 Å². The first-order valence-electron chi connectivity index (χ1n) is 6.01. The fourth-order valence-electron chi connectivity index (χ4n) is 1.61. The smallest absolute Gasteiger partial charge is 0.170 e. The zero-order valence-corrected chi connectivity index (χ0v) is 12.4. The molecule has 0 fully saturated rings. The molecule has 2 aromatic rings. The molecule has 5 nitrogen and oxygen atoms in total. The van der Waals surface area contributed by atoms with E-state index in [1.54, 1.807) is 12.1 Å². The van der Waals surface area contributed by atoms with Gasteiger partial charge in [-0.05, 0) is 51.0 Å². The number of tetrazole rings is 1. The number of aromatic nitrogens is 4. The Balaban J connectivity index is 2.16. The molecule has 1 aromatic carbocycles. The minimum Gasteiger partial charge on any atom is -0.310 e. The first kappa shape index (κ1) is 14.1. The van der Waals surface area contributed by atoms with Gasteiger partial charge in [0.2, 0.25) is 0 Å². The van der Waals surface area contributed by atoms with Crippen LogP contribution in [0.3, 0.4) is 0 Å². The summed E-state index contributed by atoms with van der Waals surface area (Å²) >= 11 is 3.12. The number of hydrogen-bond acceptors (Lipinski definition) is 4. The number of halogens is 2. The SMILES string of the molecule is CC(C)CNCc1nnnn1-c1ccc(Br)c(F)c1. The van der Waals surface area contributed by atoms with Gasteiger partial charge in [-0.1, -0.05) is 13.8 Å². The molecule has 102 valence electrons. The van der Waals surface area contributed by atoms with Gasteiger partial charge >= 0.3 is 0 Å². The fraction of sp³-hybridized carbons (Fsp3) is 0.417. The third-order valence-electron chi connectivity index (χ3n) is 2.52. The van der Waals surface area contributed by atoms with Crippen LogP contribution >= 0.6 is 15.9 Å². The summed E-state index contributed by atoms with van der Waals surface area (Å²) in [4.78, 5) is 0. The van der Waals surface area contributed by atoms with Gasteiger partial charge < -0.3 is 5.32 Å². The average molecular weight is 328 g/mol. The molecule has 0 radical (unpaired) electrons. The van der Waals surface area contributed by atoms with Gasteiger partial charge in [0.05, 0.1) is 16.7 Å². The van der Waals surface area contributed by atoms with Crippen LogP contribution in [-0.4, -0.2) is 26.8 Å². The Kier molecular flexibility index (Phi) is 4.60. The summed E-state index contributed by atoms with van der Waals surface area (Å²) in [6.07, 6.45) is 0. The van der Waals surface area contributed by atoms with E-state index in [-0.39, 0.29) is 5.82 Å². The number of hydrogen-bond donors (Lipinski definition) is 1. The standard InChI is InChI=1S/C12H15BrFN5/c1-8(2)6-15-7-12-16-17-18-19(12)9-3-4-10(13)11(14)5-9/h3-5,8,15H,6-7H2,1-2H3. The molecule has 0 aliphatic heterocycles. The van der Waals surface area contributed by atoms with Gasteiger partial charge in [0, 0.05) is 6.07 Å². The lowest BCUT2D eigenvalue weighted by molar-refractivity contribution is 0.537. The lowest BCUT2D eigenvalue weighted by atomic mass is 10.2. The van der Waals surface area contributed by atoms with Crippen molar-refractivity contribution in [3.8, 4) is 5.69 Å². The topological polar surface area (TPSA) is 55.6 Å². The Labute approximate surface area is 119 Å². The maximum atomic E-state index is 13.5. The van der Waals surface area contributed by atoms with Gasteiger partial charge in [0.1, 0.15) is 5.82 Å². The highest BCUT2D eigenvalue weighted by molar-refractivity contribution is 9.10. The molecule has 0 saturated heterocycles. The van der Waals surface area contributed by atoms with Crippen LogP contribution in [0, 0.1) is 11.7 Å². The fourth-order valence-corrected chi connectivity index (χ4v) is 1.85. The van der Waals surface area contributed by atoms with Gasteiger partial charge in [-0.3, -0.25) is 0 Å². The molecule has 0 aliphatic rings. The molecule has 0 bridgehead atoms. The third-order valence-corrected chi connectivity index (χ3v) is 3.16. The zero-order valence-electron chi connectivity index (χ0n) is 10.8. The second kappa shape index (κ2) is 6.21. The summed E-state index contributed by atoms with van der Waals surface area (Å²) in [5.74, 6) is 0.867. The summed E-state index contributed by atoms with van der Waals surface area (Å²) in [7, 11) is 0. The Hall–Kier alpha value is -1.34. The number of rotatable bonds is 5. The third kappa shape index (κ3) is 3.57. The molecule has 1 heterocycles. The van der Waals surface area contributed by atoms with Crippen molar-refractivity contribution in [3.63, 3.8) is 0 Å². The molecule has 0 atom stereocenters. The molecule has 0 aliphatic carbocycles. The van der Waals surface area contributed by atoms with Gasteiger partial charge in [0.25, 0.3) is 0 Å². The normalized spacial score (nSPS) is 11.2. The molecule has 19 heavy (non-hydrogen) atoms. The van der Waals surface area contributed by atoms with Crippen molar-refractivity contribution in [2.45, 2.75) is 20.4 Å². The quantitative estimate of drug-likeness (QED) is 0.915. The zero-order chi connectivity index (χ0) is 13.8. The lowest BCUT2D eigenvalue weighted by Crippen LogP contribution is -2.21. The Morgan fingerprint density at radius 2 is 2.21 bits per heavy atom. The first-order valence-corrected chi connectivity index (χ1v) is 6.80. The maximum absolute atomic E-state index is 13.5. The molecule has 0 saturated carbocycles. The number of benzene rings is 1. The van der Waals surface area contributed by atoms with Gasteiger partial charge in [0.15, 0.2) is 5.82 Å². The van der Waals surface area contributed by atoms with E-state index in [9.17, 15) is 4.39 Å². The Morgan fingerprint density at radius 3 is 2.89 bits per heavy atom. The summed E-state index contributed by atoms with van der Waals surface area (Å²) in [6.45, 7) is 5.67. The molecule has 7 heteroatoms. The van der Waals surface area contributed by atoms with Gasteiger partial charge in [-0.2, -0.15) is 4.68 Å². The molecule has 0 spiro atoms. The molecule has 1 N–H and O–H groups in total.